The molecule has 0 aliphatic carbocycles. The van der Waals surface area contributed by atoms with E-state index in [1.54, 1.807) is 12.4 Å². The van der Waals surface area contributed by atoms with Gasteiger partial charge in [-0.3, -0.25) is 4.90 Å². The van der Waals surface area contributed by atoms with Crippen molar-refractivity contribution >= 4 is 21.9 Å². The average molecular weight is 310 g/mol. The normalized spacial score (nSPS) is 18.4. The van der Waals surface area contributed by atoms with Crippen LogP contribution in [-0.4, -0.2) is 47.1 Å². The molecule has 0 radical (unpaired) electrons. The Morgan fingerprint density at radius 1 is 1.33 bits per heavy atom. The third-order valence-electron chi connectivity index (χ3n) is 3.18. The first-order valence-corrected chi connectivity index (χ1v) is 6.90. The van der Waals surface area contributed by atoms with Crippen LogP contribution in [0.4, 0.5) is 5.95 Å². The molecular weight excluding hydrogens is 294 g/mol. The average Bonchev–Trinajstić information content (AvgIpc) is 2.42. The van der Waals surface area contributed by atoms with Gasteiger partial charge in [-0.05, 0) is 22.4 Å². The zero-order valence-electron chi connectivity index (χ0n) is 10.4. The maximum Gasteiger partial charge on any atom is 0.225 e. The summed E-state index contributed by atoms with van der Waals surface area (Å²) in [6.07, 6.45) is 4.41. The van der Waals surface area contributed by atoms with Gasteiger partial charge < -0.3 is 4.90 Å². The fourth-order valence-electron chi connectivity index (χ4n) is 2.13. The Morgan fingerprint density at radius 3 is 2.44 bits per heavy atom. The molecule has 5 nitrogen and oxygen atoms in total. The second kappa shape index (κ2) is 6.12. The van der Waals surface area contributed by atoms with Gasteiger partial charge in [0.15, 0.2) is 0 Å². The summed E-state index contributed by atoms with van der Waals surface area (Å²) in [5.41, 5.74) is 0. The van der Waals surface area contributed by atoms with Crippen molar-refractivity contribution in [1.29, 1.82) is 5.26 Å². The van der Waals surface area contributed by atoms with Crippen molar-refractivity contribution in [1.82, 2.24) is 14.9 Å². The lowest BCUT2D eigenvalue weighted by molar-refractivity contribution is 0.215. The summed E-state index contributed by atoms with van der Waals surface area (Å²) in [6.45, 7) is 5.59. The van der Waals surface area contributed by atoms with Crippen molar-refractivity contribution in [3.8, 4) is 6.07 Å². The Balaban J connectivity index is 1.94. The van der Waals surface area contributed by atoms with Crippen molar-refractivity contribution < 1.29 is 0 Å². The molecule has 0 bridgehead atoms. The van der Waals surface area contributed by atoms with Crippen molar-refractivity contribution in [3.05, 3.63) is 16.9 Å². The van der Waals surface area contributed by atoms with Crippen LogP contribution in [0.1, 0.15) is 13.3 Å². The van der Waals surface area contributed by atoms with E-state index in [9.17, 15) is 0 Å². The zero-order valence-corrected chi connectivity index (χ0v) is 12.0. The van der Waals surface area contributed by atoms with Crippen LogP contribution < -0.4 is 4.90 Å². The molecule has 6 heteroatoms. The van der Waals surface area contributed by atoms with Crippen molar-refractivity contribution in [2.75, 3.05) is 31.1 Å². The van der Waals surface area contributed by atoms with Crippen LogP contribution in [0.15, 0.2) is 16.9 Å². The van der Waals surface area contributed by atoms with Gasteiger partial charge in [-0.15, -0.1) is 0 Å². The van der Waals surface area contributed by atoms with Crippen LogP contribution in [0, 0.1) is 11.3 Å². The van der Waals surface area contributed by atoms with Gasteiger partial charge in [0, 0.05) is 38.6 Å². The Morgan fingerprint density at radius 2 is 1.94 bits per heavy atom. The monoisotopic (exact) mass is 309 g/mol. The first-order chi connectivity index (χ1) is 8.74. The lowest BCUT2D eigenvalue weighted by Crippen LogP contribution is -2.50. The summed E-state index contributed by atoms with van der Waals surface area (Å²) >= 11 is 3.33. The van der Waals surface area contributed by atoms with Gasteiger partial charge in [0.25, 0.3) is 0 Å². The van der Waals surface area contributed by atoms with Crippen molar-refractivity contribution in [2.45, 2.75) is 19.4 Å². The van der Waals surface area contributed by atoms with E-state index in [-0.39, 0.29) is 6.04 Å². The molecule has 1 atom stereocenters. The lowest BCUT2D eigenvalue weighted by Gasteiger charge is -2.36. The highest BCUT2D eigenvalue weighted by molar-refractivity contribution is 9.10. The molecule has 0 saturated carbocycles. The van der Waals surface area contributed by atoms with Gasteiger partial charge >= 0.3 is 0 Å². The molecule has 1 unspecified atom stereocenters. The molecule has 0 N–H and O–H groups in total. The number of halogens is 1. The van der Waals surface area contributed by atoms with E-state index >= 15 is 0 Å². The number of nitrogens with zero attached hydrogens (tertiary/aromatic N) is 5. The van der Waals surface area contributed by atoms with E-state index in [0.717, 1.165) is 43.0 Å². The highest BCUT2D eigenvalue weighted by atomic mass is 79.9. The minimum absolute atomic E-state index is 0.0398. The van der Waals surface area contributed by atoms with E-state index in [2.05, 4.69) is 48.7 Å². The van der Waals surface area contributed by atoms with Gasteiger partial charge in [-0.1, -0.05) is 6.92 Å². The number of hydrogen-bond acceptors (Lipinski definition) is 5. The molecule has 1 fully saturated rings. The maximum atomic E-state index is 9.06. The van der Waals surface area contributed by atoms with Crippen LogP contribution >= 0.6 is 15.9 Å². The second-order valence-electron chi connectivity index (χ2n) is 4.28. The van der Waals surface area contributed by atoms with Gasteiger partial charge in [-0.25, -0.2) is 9.97 Å². The van der Waals surface area contributed by atoms with Crippen molar-refractivity contribution in [3.63, 3.8) is 0 Å². The zero-order chi connectivity index (χ0) is 13.0. The fraction of sp³-hybridized carbons (Fsp3) is 0.583. The van der Waals surface area contributed by atoms with E-state index in [4.69, 9.17) is 5.26 Å². The number of hydrogen-bond donors (Lipinski definition) is 0. The Bertz CT molecular complexity index is 419. The summed E-state index contributed by atoms with van der Waals surface area (Å²) in [5, 5.41) is 9.06. The topological polar surface area (TPSA) is 56.1 Å². The number of rotatable bonds is 3. The van der Waals surface area contributed by atoms with Gasteiger partial charge in [0.05, 0.1) is 16.6 Å². The molecule has 18 heavy (non-hydrogen) atoms. The molecule has 2 heterocycles. The summed E-state index contributed by atoms with van der Waals surface area (Å²) in [7, 11) is 0. The van der Waals surface area contributed by atoms with Crippen LogP contribution in [0.2, 0.25) is 0 Å². The Hall–Kier alpha value is -1.19. The number of piperazine rings is 1. The van der Waals surface area contributed by atoms with E-state index in [1.165, 1.54) is 0 Å². The first kappa shape index (κ1) is 13.2. The summed E-state index contributed by atoms with van der Waals surface area (Å²) in [5.74, 6) is 0.767. The molecule has 1 aromatic heterocycles. The third kappa shape index (κ3) is 2.98. The Kier molecular flexibility index (Phi) is 4.50. The van der Waals surface area contributed by atoms with Gasteiger partial charge in [-0.2, -0.15) is 5.26 Å². The molecule has 1 aliphatic heterocycles. The molecule has 1 aliphatic rings. The van der Waals surface area contributed by atoms with E-state index in [0.29, 0.717) is 0 Å². The minimum atomic E-state index is 0.0398. The molecule has 0 spiro atoms. The number of anilines is 1. The molecule has 1 aromatic rings. The fourth-order valence-corrected chi connectivity index (χ4v) is 2.34. The van der Waals surface area contributed by atoms with Crippen molar-refractivity contribution in [2.24, 2.45) is 0 Å². The van der Waals surface area contributed by atoms with Gasteiger partial charge in [0.2, 0.25) is 5.95 Å². The molecule has 0 amide bonds. The Labute approximate surface area is 116 Å². The minimum Gasteiger partial charge on any atom is -0.338 e. The van der Waals surface area contributed by atoms with Gasteiger partial charge in [0.1, 0.15) is 0 Å². The lowest BCUT2D eigenvalue weighted by atomic mass is 10.2. The van der Waals surface area contributed by atoms with Crippen LogP contribution in [-0.2, 0) is 0 Å². The molecule has 96 valence electrons. The van der Waals surface area contributed by atoms with Crippen LogP contribution in [0.5, 0.6) is 0 Å². The highest BCUT2D eigenvalue weighted by Gasteiger charge is 2.23. The predicted molar refractivity (Wildman–Crippen MR) is 73.2 cm³/mol. The second-order valence-corrected chi connectivity index (χ2v) is 5.19. The van der Waals surface area contributed by atoms with Crippen LogP contribution in [0.25, 0.3) is 0 Å². The third-order valence-corrected chi connectivity index (χ3v) is 3.59. The largest absolute Gasteiger partial charge is 0.338 e. The summed E-state index contributed by atoms with van der Waals surface area (Å²) in [6, 6.07) is 2.39. The molecule has 0 aromatic carbocycles. The smallest absolute Gasteiger partial charge is 0.225 e. The standard InChI is InChI=1S/C12H16BrN5/c1-2-11(7-14)17-3-5-18(6-4-17)12-15-8-10(13)9-16-12/h8-9,11H,2-6H2,1H3. The summed E-state index contributed by atoms with van der Waals surface area (Å²) in [4.78, 5) is 13.0. The van der Waals surface area contributed by atoms with Crippen LogP contribution in [0.3, 0.4) is 0 Å². The predicted octanol–water partition coefficient (Wildman–Crippen LogP) is 1.66. The summed E-state index contributed by atoms with van der Waals surface area (Å²) < 4.78 is 0.889. The molecule has 1 saturated heterocycles. The quantitative estimate of drug-likeness (QED) is 0.850. The number of nitriles is 1. The number of aromatic nitrogens is 2. The van der Waals surface area contributed by atoms with E-state index in [1.807, 2.05) is 0 Å². The molecule has 2 rings (SSSR count). The SMILES string of the molecule is CCC(C#N)N1CCN(c2ncc(Br)cn2)CC1. The first-order valence-electron chi connectivity index (χ1n) is 6.10. The molecular formula is C12H16BrN5. The maximum absolute atomic E-state index is 9.06. The highest BCUT2D eigenvalue weighted by Crippen LogP contribution is 2.15. The van der Waals surface area contributed by atoms with E-state index < -0.39 is 0 Å².